The van der Waals surface area contributed by atoms with Crippen LogP contribution >= 0.6 is 0 Å². The van der Waals surface area contributed by atoms with Crippen molar-refractivity contribution in [3.8, 4) is 11.1 Å². The van der Waals surface area contributed by atoms with Crippen molar-refractivity contribution < 1.29 is 28.6 Å². The largest absolute Gasteiger partial charge is 0.478 e. The highest BCUT2D eigenvalue weighted by Gasteiger charge is 2.52. The Balaban J connectivity index is 1.26. The predicted octanol–water partition coefficient (Wildman–Crippen LogP) is 4.53. The lowest BCUT2D eigenvalue weighted by Gasteiger charge is -2.19. The summed E-state index contributed by atoms with van der Waals surface area (Å²) >= 11 is 0. The number of carboxylic acid groups (broad SMARTS) is 1. The first-order valence-corrected chi connectivity index (χ1v) is 10.9. The van der Waals surface area contributed by atoms with Gasteiger partial charge in [0.15, 0.2) is 0 Å². The molecule has 3 aromatic rings. The molecule has 0 aromatic heterocycles. The molecule has 1 fully saturated rings. The number of carbonyl (C=O) groups excluding carboxylic acids is 2. The van der Waals surface area contributed by atoms with Crippen LogP contribution in [-0.4, -0.2) is 35.2 Å². The lowest BCUT2D eigenvalue weighted by atomic mass is 9.98. The molecule has 172 valence electrons. The number of hydrogen-bond acceptors (Lipinski definition) is 4. The minimum Gasteiger partial charge on any atom is -0.478 e. The molecule has 3 aromatic carbocycles. The zero-order valence-electron chi connectivity index (χ0n) is 18.0. The molecule has 2 aliphatic carbocycles. The molecule has 0 aliphatic heterocycles. The Morgan fingerprint density at radius 3 is 2.18 bits per heavy atom. The number of benzene rings is 3. The van der Waals surface area contributed by atoms with Crippen molar-refractivity contribution in [1.82, 2.24) is 5.32 Å². The third-order valence-corrected chi connectivity index (χ3v) is 6.33. The lowest BCUT2D eigenvalue weighted by molar-refractivity contribution is -0.119. The first kappa shape index (κ1) is 21.6. The van der Waals surface area contributed by atoms with Gasteiger partial charge in [-0.05, 0) is 53.3 Å². The highest BCUT2D eigenvalue weighted by atomic mass is 19.1. The normalized spacial score (nSPS) is 15.1. The Hall–Kier alpha value is -4.20. The number of carboxylic acids is 1. The van der Waals surface area contributed by atoms with Crippen molar-refractivity contribution in [2.45, 2.75) is 24.3 Å². The Morgan fingerprint density at radius 1 is 0.971 bits per heavy atom. The Kier molecular flexibility index (Phi) is 5.28. The number of alkyl carbamates (subject to hydrolysis) is 1. The third kappa shape index (κ3) is 3.87. The van der Waals surface area contributed by atoms with Crippen LogP contribution in [0.3, 0.4) is 0 Å². The molecular formula is C26H21FN2O5. The van der Waals surface area contributed by atoms with E-state index in [0.717, 1.165) is 40.5 Å². The van der Waals surface area contributed by atoms with Crippen molar-refractivity contribution in [2.75, 3.05) is 11.9 Å². The molecule has 0 atom stereocenters. The summed E-state index contributed by atoms with van der Waals surface area (Å²) in [6, 6.07) is 18.9. The number of aromatic carboxylic acids is 1. The van der Waals surface area contributed by atoms with Gasteiger partial charge >= 0.3 is 12.1 Å². The van der Waals surface area contributed by atoms with Gasteiger partial charge in [0.1, 0.15) is 18.0 Å². The fourth-order valence-electron chi connectivity index (χ4n) is 4.41. The predicted molar refractivity (Wildman–Crippen MR) is 122 cm³/mol. The van der Waals surface area contributed by atoms with Crippen LogP contribution < -0.4 is 10.6 Å². The second kappa shape index (κ2) is 8.30. The minimum absolute atomic E-state index is 0.102. The highest BCUT2D eigenvalue weighted by Crippen LogP contribution is 2.44. The van der Waals surface area contributed by atoms with E-state index < -0.39 is 29.3 Å². The van der Waals surface area contributed by atoms with E-state index in [1.807, 2.05) is 48.5 Å². The molecule has 0 radical (unpaired) electrons. The van der Waals surface area contributed by atoms with E-state index in [1.165, 1.54) is 0 Å². The van der Waals surface area contributed by atoms with Crippen LogP contribution in [0, 0.1) is 5.82 Å². The summed E-state index contributed by atoms with van der Waals surface area (Å²) in [6.45, 7) is 0.102. The quantitative estimate of drug-likeness (QED) is 0.501. The maximum Gasteiger partial charge on any atom is 0.408 e. The van der Waals surface area contributed by atoms with E-state index in [4.69, 9.17) is 4.74 Å². The average molecular weight is 460 g/mol. The number of rotatable bonds is 6. The van der Waals surface area contributed by atoms with Gasteiger partial charge in [-0.1, -0.05) is 48.5 Å². The first-order valence-electron chi connectivity index (χ1n) is 10.9. The third-order valence-electron chi connectivity index (χ3n) is 6.33. The average Bonchev–Trinajstić information content (AvgIpc) is 3.53. The van der Waals surface area contributed by atoms with Crippen molar-refractivity contribution in [2.24, 2.45) is 0 Å². The van der Waals surface area contributed by atoms with E-state index in [-0.39, 0.29) is 23.8 Å². The van der Waals surface area contributed by atoms with E-state index in [9.17, 15) is 23.9 Å². The summed E-state index contributed by atoms with van der Waals surface area (Å²) in [5.41, 5.74) is 2.73. The van der Waals surface area contributed by atoms with Gasteiger partial charge in [-0.2, -0.15) is 0 Å². The zero-order chi connectivity index (χ0) is 23.9. The van der Waals surface area contributed by atoms with E-state index in [1.54, 1.807) is 0 Å². The number of ether oxygens (including phenoxy) is 1. The highest BCUT2D eigenvalue weighted by molar-refractivity contribution is 6.06. The van der Waals surface area contributed by atoms with Gasteiger partial charge in [0.2, 0.25) is 5.91 Å². The molecule has 0 spiro atoms. The molecule has 5 rings (SSSR count). The first-order chi connectivity index (χ1) is 16.4. The monoisotopic (exact) mass is 460 g/mol. The Bertz CT molecular complexity index is 1270. The Labute approximate surface area is 194 Å². The van der Waals surface area contributed by atoms with E-state index in [2.05, 4.69) is 10.6 Å². The van der Waals surface area contributed by atoms with Crippen LogP contribution in [0.2, 0.25) is 0 Å². The summed E-state index contributed by atoms with van der Waals surface area (Å²) in [4.78, 5) is 36.8. The van der Waals surface area contributed by atoms with Crippen LogP contribution in [0.4, 0.5) is 14.9 Å². The fraction of sp³-hybridized carbons (Fsp3) is 0.192. The molecule has 34 heavy (non-hydrogen) atoms. The van der Waals surface area contributed by atoms with Gasteiger partial charge in [0, 0.05) is 5.92 Å². The topological polar surface area (TPSA) is 105 Å². The van der Waals surface area contributed by atoms with E-state index in [0.29, 0.717) is 12.8 Å². The number of fused-ring (bicyclic) bond motifs is 3. The lowest BCUT2D eigenvalue weighted by Crippen LogP contribution is -2.46. The second-order valence-electron chi connectivity index (χ2n) is 8.48. The van der Waals surface area contributed by atoms with Crippen molar-refractivity contribution in [1.29, 1.82) is 0 Å². The molecule has 3 N–H and O–H groups in total. The van der Waals surface area contributed by atoms with Gasteiger partial charge in [0.05, 0.1) is 11.3 Å². The SMILES string of the molecule is O=C(NC1(C(=O)Nc2cc(F)ccc2C(=O)O)CC1)OCC1c2ccccc2-c2ccccc21. The number of nitrogens with one attached hydrogen (secondary N) is 2. The maximum absolute atomic E-state index is 13.6. The van der Waals surface area contributed by atoms with Crippen molar-refractivity contribution in [3.05, 3.63) is 89.2 Å². The second-order valence-corrected chi connectivity index (χ2v) is 8.48. The smallest absolute Gasteiger partial charge is 0.408 e. The molecule has 0 saturated heterocycles. The summed E-state index contributed by atoms with van der Waals surface area (Å²) in [5, 5.41) is 14.3. The standard InChI is InChI=1S/C26H21FN2O5/c27-15-9-10-20(23(30)31)22(13-15)28-24(32)26(11-12-26)29-25(33)34-14-21-18-7-3-1-5-16(18)17-6-2-4-8-19(17)21/h1-10,13,21H,11-12,14H2,(H,28,32)(H,29,33)(H,30,31). The molecule has 2 aliphatic rings. The molecule has 0 bridgehead atoms. The molecule has 8 heteroatoms. The van der Waals surface area contributed by atoms with Crippen LogP contribution in [0.5, 0.6) is 0 Å². The van der Waals surface area contributed by atoms with E-state index >= 15 is 0 Å². The molecule has 2 amide bonds. The number of amides is 2. The van der Waals surface area contributed by atoms with Crippen LogP contribution in [0.25, 0.3) is 11.1 Å². The summed E-state index contributed by atoms with van der Waals surface area (Å²) < 4.78 is 19.1. The molecule has 0 unspecified atom stereocenters. The molecule has 1 saturated carbocycles. The van der Waals surface area contributed by atoms with Crippen LogP contribution in [-0.2, 0) is 9.53 Å². The summed E-state index contributed by atoms with van der Waals surface area (Å²) in [5.74, 6) is -2.72. The molecule has 7 nitrogen and oxygen atoms in total. The zero-order valence-corrected chi connectivity index (χ0v) is 18.0. The summed E-state index contributed by atoms with van der Waals surface area (Å²) in [6.07, 6.45) is -0.0196. The van der Waals surface area contributed by atoms with Crippen LogP contribution in [0.15, 0.2) is 66.7 Å². The molecular weight excluding hydrogens is 439 g/mol. The fourth-order valence-corrected chi connectivity index (χ4v) is 4.41. The maximum atomic E-state index is 13.6. The van der Waals surface area contributed by atoms with Gasteiger partial charge in [-0.25, -0.2) is 14.0 Å². The van der Waals surface area contributed by atoms with Gasteiger partial charge < -0.3 is 20.5 Å². The van der Waals surface area contributed by atoms with Gasteiger partial charge in [-0.15, -0.1) is 0 Å². The number of carbonyl (C=O) groups is 3. The van der Waals surface area contributed by atoms with Crippen molar-refractivity contribution >= 4 is 23.7 Å². The molecule has 0 heterocycles. The number of halogens is 1. The van der Waals surface area contributed by atoms with Crippen molar-refractivity contribution in [3.63, 3.8) is 0 Å². The Morgan fingerprint density at radius 2 is 1.59 bits per heavy atom. The number of anilines is 1. The summed E-state index contributed by atoms with van der Waals surface area (Å²) in [7, 11) is 0. The number of hydrogen-bond donors (Lipinski definition) is 3. The van der Waals surface area contributed by atoms with Gasteiger partial charge in [-0.3, -0.25) is 4.79 Å². The minimum atomic E-state index is -1.30. The van der Waals surface area contributed by atoms with Crippen LogP contribution in [0.1, 0.15) is 40.2 Å². The van der Waals surface area contributed by atoms with Gasteiger partial charge in [0.25, 0.3) is 0 Å².